The summed E-state index contributed by atoms with van der Waals surface area (Å²) in [6.45, 7) is 2.22. The van der Waals surface area contributed by atoms with E-state index in [1.807, 2.05) is 5.38 Å². The maximum absolute atomic E-state index is 11.9. The van der Waals surface area contributed by atoms with Crippen LogP contribution < -0.4 is 0 Å². The molecule has 0 radical (unpaired) electrons. The van der Waals surface area contributed by atoms with E-state index >= 15 is 0 Å². The molecule has 1 heterocycles. The Labute approximate surface area is 94.7 Å². The maximum Gasteiger partial charge on any atom is 0.142 e. The summed E-state index contributed by atoms with van der Waals surface area (Å²) in [5, 5.41) is 2.91. The lowest BCUT2D eigenvalue weighted by Gasteiger charge is -2.07. The summed E-state index contributed by atoms with van der Waals surface area (Å²) in [4.78, 5) is 16.1. The SMILES string of the molecule is CCC1CCC(C(=O)Cc2nccs2)C1. The Morgan fingerprint density at radius 3 is 3.07 bits per heavy atom. The number of nitrogens with zero attached hydrogens (tertiary/aromatic N) is 1. The molecule has 0 N–H and O–H groups in total. The van der Waals surface area contributed by atoms with Crippen molar-refractivity contribution >= 4 is 17.1 Å². The Hall–Kier alpha value is -0.700. The average molecular weight is 223 g/mol. The second-order valence-corrected chi connectivity index (χ2v) is 5.33. The molecule has 0 aliphatic heterocycles. The topological polar surface area (TPSA) is 30.0 Å². The Morgan fingerprint density at radius 2 is 2.47 bits per heavy atom. The lowest BCUT2D eigenvalue weighted by Crippen LogP contribution is -2.13. The molecule has 2 rings (SSSR count). The van der Waals surface area contributed by atoms with E-state index in [4.69, 9.17) is 0 Å². The molecule has 0 amide bonds. The minimum atomic E-state index is 0.318. The van der Waals surface area contributed by atoms with Crippen LogP contribution in [0.5, 0.6) is 0 Å². The molecule has 1 aromatic heterocycles. The van der Waals surface area contributed by atoms with Crippen LogP contribution in [0.15, 0.2) is 11.6 Å². The fraction of sp³-hybridized carbons (Fsp3) is 0.667. The number of ketones is 1. The minimum absolute atomic E-state index is 0.318. The third kappa shape index (κ3) is 2.65. The fourth-order valence-corrected chi connectivity index (χ4v) is 3.00. The van der Waals surface area contributed by atoms with Gasteiger partial charge in [0.05, 0.1) is 11.4 Å². The van der Waals surface area contributed by atoms with Gasteiger partial charge in [-0.1, -0.05) is 13.3 Å². The molecule has 82 valence electrons. The molecular weight excluding hydrogens is 206 g/mol. The molecule has 1 aliphatic carbocycles. The van der Waals surface area contributed by atoms with Gasteiger partial charge in [0.15, 0.2) is 0 Å². The molecule has 2 nitrogen and oxygen atoms in total. The van der Waals surface area contributed by atoms with Gasteiger partial charge in [0, 0.05) is 17.5 Å². The zero-order valence-corrected chi connectivity index (χ0v) is 9.93. The molecule has 2 unspecified atom stereocenters. The number of hydrogen-bond acceptors (Lipinski definition) is 3. The molecule has 0 spiro atoms. The van der Waals surface area contributed by atoms with Crippen LogP contribution in [0.1, 0.15) is 37.6 Å². The van der Waals surface area contributed by atoms with E-state index in [0.717, 1.165) is 23.8 Å². The van der Waals surface area contributed by atoms with Gasteiger partial charge in [0.1, 0.15) is 5.78 Å². The summed E-state index contributed by atoms with van der Waals surface area (Å²) >= 11 is 1.58. The van der Waals surface area contributed by atoms with Crippen LogP contribution >= 0.6 is 11.3 Å². The van der Waals surface area contributed by atoms with Gasteiger partial charge in [-0.15, -0.1) is 11.3 Å². The molecule has 1 aromatic rings. The molecule has 2 atom stereocenters. The van der Waals surface area contributed by atoms with Crippen molar-refractivity contribution < 1.29 is 4.79 Å². The second kappa shape index (κ2) is 4.88. The number of carbonyl (C=O) groups excluding carboxylic acids is 1. The molecule has 1 saturated carbocycles. The highest BCUT2D eigenvalue weighted by Crippen LogP contribution is 2.34. The van der Waals surface area contributed by atoms with Gasteiger partial charge in [-0.3, -0.25) is 4.79 Å². The van der Waals surface area contributed by atoms with Gasteiger partial charge in [0.2, 0.25) is 0 Å². The van der Waals surface area contributed by atoms with Crippen molar-refractivity contribution in [2.75, 3.05) is 0 Å². The van der Waals surface area contributed by atoms with E-state index in [1.165, 1.54) is 12.8 Å². The van der Waals surface area contributed by atoms with Crippen molar-refractivity contribution in [3.63, 3.8) is 0 Å². The van der Waals surface area contributed by atoms with Crippen LogP contribution in [0.25, 0.3) is 0 Å². The van der Waals surface area contributed by atoms with Crippen molar-refractivity contribution in [2.24, 2.45) is 11.8 Å². The summed E-state index contributed by atoms with van der Waals surface area (Å²) in [6.07, 6.45) is 7.00. The van der Waals surface area contributed by atoms with Crippen LogP contribution in [-0.4, -0.2) is 10.8 Å². The predicted octanol–water partition coefficient (Wildman–Crippen LogP) is 3.08. The van der Waals surface area contributed by atoms with E-state index < -0.39 is 0 Å². The third-order valence-electron chi connectivity index (χ3n) is 3.38. The first-order chi connectivity index (χ1) is 7.29. The standard InChI is InChI=1S/C12H17NOS/c1-2-9-3-4-10(7-9)11(14)8-12-13-5-6-15-12/h5-6,9-10H,2-4,7-8H2,1H3. The summed E-state index contributed by atoms with van der Waals surface area (Å²) < 4.78 is 0. The van der Waals surface area contributed by atoms with E-state index in [1.54, 1.807) is 17.5 Å². The van der Waals surface area contributed by atoms with Crippen molar-refractivity contribution in [1.29, 1.82) is 0 Å². The fourth-order valence-electron chi connectivity index (χ4n) is 2.37. The number of Topliss-reactive ketones (excluding diaryl/α,β-unsaturated/α-hetero) is 1. The first-order valence-electron chi connectivity index (χ1n) is 5.70. The molecule has 1 aliphatic rings. The molecule has 1 fully saturated rings. The van der Waals surface area contributed by atoms with Crippen LogP contribution in [0, 0.1) is 11.8 Å². The first-order valence-corrected chi connectivity index (χ1v) is 6.58. The number of hydrogen-bond donors (Lipinski definition) is 0. The summed E-state index contributed by atoms with van der Waals surface area (Å²) in [7, 11) is 0. The van der Waals surface area contributed by atoms with Gasteiger partial charge < -0.3 is 0 Å². The van der Waals surface area contributed by atoms with E-state index in [9.17, 15) is 4.79 Å². The Bertz CT molecular complexity index is 320. The minimum Gasteiger partial charge on any atom is -0.299 e. The van der Waals surface area contributed by atoms with Gasteiger partial charge in [-0.2, -0.15) is 0 Å². The van der Waals surface area contributed by atoms with Crippen LogP contribution in [0.2, 0.25) is 0 Å². The van der Waals surface area contributed by atoms with E-state index in [0.29, 0.717) is 18.1 Å². The zero-order valence-electron chi connectivity index (χ0n) is 9.11. The second-order valence-electron chi connectivity index (χ2n) is 4.35. The molecule has 15 heavy (non-hydrogen) atoms. The van der Waals surface area contributed by atoms with Crippen LogP contribution in [-0.2, 0) is 11.2 Å². The average Bonchev–Trinajstić information content (AvgIpc) is 2.86. The summed E-state index contributed by atoms with van der Waals surface area (Å²) in [5.41, 5.74) is 0. The smallest absolute Gasteiger partial charge is 0.142 e. The molecule has 0 saturated heterocycles. The zero-order chi connectivity index (χ0) is 10.7. The van der Waals surface area contributed by atoms with Crippen molar-refractivity contribution in [1.82, 2.24) is 4.98 Å². The highest BCUT2D eigenvalue weighted by Gasteiger charge is 2.28. The maximum atomic E-state index is 11.9. The number of carbonyl (C=O) groups is 1. The quantitative estimate of drug-likeness (QED) is 0.785. The van der Waals surface area contributed by atoms with Crippen molar-refractivity contribution in [3.8, 4) is 0 Å². The van der Waals surface area contributed by atoms with Gasteiger partial charge in [-0.25, -0.2) is 4.98 Å². The number of aromatic nitrogens is 1. The van der Waals surface area contributed by atoms with Crippen molar-refractivity contribution in [2.45, 2.75) is 39.0 Å². The Balaban J connectivity index is 1.87. The molecule has 0 bridgehead atoms. The highest BCUT2D eigenvalue weighted by molar-refractivity contribution is 7.09. The predicted molar refractivity (Wildman–Crippen MR) is 61.9 cm³/mol. The monoisotopic (exact) mass is 223 g/mol. The number of rotatable bonds is 4. The lowest BCUT2D eigenvalue weighted by atomic mass is 9.98. The molecule has 0 aromatic carbocycles. The van der Waals surface area contributed by atoms with Gasteiger partial charge in [-0.05, 0) is 25.2 Å². The highest BCUT2D eigenvalue weighted by atomic mass is 32.1. The Morgan fingerprint density at radius 1 is 1.60 bits per heavy atom. The summed E-state index contributed by atoms with van der Waals surface area (Å²) in [5.74, 6) is 1.51. The molecule has 3 heteroatoms. The van der Waals surface area contributed by atoms with Gasteiger partial charge >= 0.3 is 0 Å². The number of thiazole rings is 1. The third-order valence-corrected chi connectivity index (χ3v) is 4.16. The first kappa shape index (κ1) is 10.8. The lowest BCUT2D eigenvalue weighted by molar-refractivity contribution is -0.122. The van der Waals surface area contributed by atoms with Crippen molar-refractivity contribution in [3.05, 3.63) is 16.6 Å². The van der Waals surface area contributed by atoms with E-state index in [2.05, 4.69) is 11.9 Å². The molecular formula is C12H17NOS. The summed E-state index contributed by atoms with van der Waals surface area (Å²) in [6, 6.07) is 0. The van der Waals surface area contributed by atoms with E-state index in [-0.39, 0.29) is 0 Å². The van der Waals surface area contributed by atoms with Crippen LogP contribution in [0.3, 0.4) is 0 Å². The normalized spacial score (nSPS) is 25.7. The largest absolute Gasteiger partial charge is 0.299 e. The Kier molecular flexibility index (Phi) is 3.52. The van der Waals surface area contributed by atoms with Gasteiger partial charge in [0.25, 0.3) is 0 Å². The van der Waals surface area contributed by atoms with Crippen LogP contribution in [0.4, 0.5) is 0 Å².